The Morgan fingerprint density at radius 3 is 2.61 bits per heavy atom. The lowest BCUT2D eigenvalue weighted by Crippen LogP contribution is -2.22. The Morgan fingerprint density at radius 1 is 1.18 bits per heavy atom. The first-order valence-corrected chi connectivity index (χ1v) is 11.4. The van der Waals surface area contributed by atoms with E-state index >= 15 is 0 Å². The van der Waals surface area contributed by atoms with E-state index in [9.17, 15) is 9.59 Å². The number of nitrogens with zero attached hydrogens (tertiary/aromatic N) is 4. The summed E-state index contributed by atoms with van der Waals surface area (Å²) in [5, 5.41) is 10.0. The number of fused-ring (bicyclic) bond motifs is 1. The van der Waals surface area contributed by atoms with E-state index in [2.05, 4.69) is 17.6 Å². The third-order valence-electron chi connectivity index (χ3n) is 5.52. The van der Waals surface area contributed by atoms with Crippen molar-refractivity contribution in [3.05, 3.63) is 100 Å². The molecule has 0 amide bonds. The molecule has 0 aliphatic heterocycles. The van der Waals surface area contributed by atoms with E-state index in [4.69, 9.17) is 5.26 Å². The van der Waals surface area contributed by atoms with E-state index in [0.29, 0.717) is 39.4 Å². The third kappa shape index (κ3) is 4.26. The highest BCUT2D eigenvalue weighted by atomic mass is 32.2. The number of benzene rings is 2. The zero-order valence-electron chi connectivity index (χ0n) is 18.4. The second-order valence-corrected chi connectivity index (χ2v) is 8.55. The Labute approximate surface area is 195 Å². The zero-order chi connectivity index (χ0) is 23.5. The van der Waals surface area contributed by atoms with Crippen molar-refractivity contribution in [1.29, 1.82) is 5.26 Å². The van der Waals surface area contributed by atoms with Crippen molar-refractivity contribution in [2.45, 2.75) is 25.5 Å². The summed E-state index contributed by atoms with van der Waals surface area (Å²) in [4.78, 5) is 31.1. The van der Waals surface area contributed by atoms with Crippen LogP contribution in [0.5, 0.6) is 0 Å². The Morgan fingerprint density at radius 2 is 1.91 bits per heavy atom. The molecule has 0 aliphatic rings. The highest BCUT2D eigenvalue weighted by molar-refractivity contribution is 7.99. The lowest BCUT2D eigenvalue weighted by Gasteiger charge is -2.13. The number of nitriles is 1. The van der Waals surface area contributed by atoms with Gasteiger partial charge in [0.1, 0.15) is 0 Å². The Kier molecular flexibility index (Phi) is 6.29. The van der Waals surface area contributed by atoms with Crippen LogP contribution in [-0.4, -0.2) is 25.7 Å². The van der Waals surface area contributed by atoms with Crippen LogP contribution in [0.4, 0.5) is 0 Å². The van der Waals surface area contributed by atoms with Crippen LogP contribution < -0.4 is 5.56 Å². The van der Waals surface area contributed by atoms with Crippen LogP contribution in [0.2, 0.25) is 0 Å². The Hall–Kier alpha value is -3.89. The van der Waals surface area contributed by atoms with E-state index in [-0.39, 0.29) is 17.1 Å². The first-order chi connectivity index (χ1) is 15.9. The van der Waals surface area contributed by atoms with Gasteiger partial charge in [0, 0.05) is 23.5 Å². The summed E-state index contributed by atoms with van der Waals surface area (Å²) < 4.78 is 3.55. The summed E-state index contributed by atoms with van der Waals surface area (Å²) in [5.41, 5.74) is 4.01. The van der Waals surface area contributed by atoms with Crippen molar-refractivity contribution >= 4 is 28.4 Å². The van der Waals surface area contributed by atoms with Crippen LogP contribution in [0.25, 0.3) is 16.6 Å². The van der Waals surface area contributed by atoms with Gasteiger partial charge in [0.15, 0.2) is 10.9 Å². The van der Waals surface area contributed by atoms with Gasteiger partial charge in [-0.2, -0.15) is 5.26 Å². The topological polar surface area (TPSA) is 80.7 Å². The normalized spacial score (nSPS) is 10.8. The molecule has 2 heterocycles. The maximum absolute atomic E-state index is 13.3. The number of thioether (sulfide) groups is 1. The monoisotopic (exact) mass is 454 g/mol. The van der Waals surface area contributed by atoms with E-state index in [1.165, 1.54) is 16.3 Å². The number of rotatable bonds is 7. The van der Waals surface area contributed by atoms with Crippen LogP contribution in [0.1, 0.15) is 27.3 Å². The Bertz CT molecular complexity index is 1470. The minimum atomic E-state index is -0.218. The number of carbonyl (C=O) groups is 1. The van der Waals surface area contributed by atoms with Gasteiger partial charge in [-0.05, 0) is 56.3 Å². The van der Waals surface area contributed by atoms with E-state index in [1.807, 2.05) is 30.5 Å². The molecule has 2 aromatic carbocycles. The first kappa shape index (κ1) is 22.3. The lowest BCUT2D eigenvalue weighted by molar-refractivity contribution is 0.102. The summed E-state index contributed by atoms with van der Waals surface area (Å²) in [6.07, 6.45) is 1.80. The van der Waals surface area contributed by atoms with Crippen LogP contribution >= 0.6 is 11.8 Å². The molecule has 0 unspecified atom stereocenters. The smallest absolute Gasteiger partial charge is 0.266 e. The minimum Gasteiger partial charge on any atom is -0.345 e. The summed E-state index contributed by atoms with van der Waals surface area (Å²) in [6, 6.07) is 17.9. The predicted molar refractivity (Wildman–Crippen MR) is 131 cm³/mol. The van der Waals surface area contributed by atoms with Gasteiger partial charge in [-0.25, -0.2) is 4.98 Å². The van der Waals surface area contributed by atoms with Gasteiger partial charge >= 0.3 is 0 Å². The molecule has 7 heteroatoms. The molecule has 0 saturated carbocycles. The van der Waals surface area contributed by atoms with Gasteiger partial charge in [0.2, 0.25) is 0 Å². The maximum atomic E-state index is 13.3. The van der Waals surface area contributed by atoms with Crippen molar-refractivity contribution in [3.63, 3.8) is 0 Å². The van der Waals surface area contributed by atoms with Gasteiger partial charge in [0.25, 0.3) is 5.56 Å². The highest BCUT2D eigenvalue weighted by Gasteiger charge is 2.18. The minimum absolute atomic E-state index is 0.0304. The molecule has 6 nitrogen and oxygen atoms in total. The molecule has 0 atom stereocenters. The van der Waals surface area contributed by atoms with E-state index < -0.39 is 0 Å². The molecule has 164 valence electrons. The quantitative estimate of drug-likeness (QED) is 0.173. The number of aryl methyl sites for hydroxylation is 1. The van der Waals surface area contributed by atoms with Crippen LogP contribution in [0, 0.1) is 25.2 Å². The van der Waals surface area contributed by atoms with E-state index in [0.717, 1.165) is 11.4 Å². The van der Waals surface area contributed by atoms with Crippen molar-refractivity contribution in [2.24, 2.45) is 0 Å². The summed E-state index contributed by atoms with van der Waals surface area (Å²) in [5.74, 6) is 0.108. The molecule has 4 rings (SSSR count). The molecule has 2 aromatic heterocycles. The number of ketones is 1. The number of allylic oxidation sites excluding steroid dienone is 1. The number of aromatic nitrogens is 3. The number of hydrogen-bond acceptors (Lipinski definition) is 5. The summed E-state index contributed by atoms with van der Waals surface area (Å²) >= 11 is 1.23. The zero-order valence-corrected chi connectivity index (χ0v) is 19.2. The molecule has 0 spiro atoms. The van der Waals surface area contributed by atoms with Gasteiger partial charge in [-0.3, -0.25) is 14.2 Å². The fourth-order valence-electron chi connectivity index (χ4n) is 3.82. The first-order valence-electron chi connectivity index (χ1n) is 10.4. The van der Waals surface area contributed by atoms with Crippen LogP contribution in [0.15, 0.2) is 77.2 Å². The number of carbonyl (C=O) groups excluding carboxylic acids is 1. The summed E-state index contributed by atoms with van der Waals surface area (Å²) in [7, 11) is 0. The van der Waals surface area contributed by atoms with Gasteiger partial charge in [-0.1, -0.05) is 30.0 Å². The van der Waals surface area contributed by atoms with Crippen molar-refractivity contribution in [3.8, 4) is 11.8 Å². The van der Waals surface area contributed by atoms with E-state index in [1.54, 1.807) is 48.5 Å². The Balaban J connectivity index is 1.73. The molecule has 0 bridgehead atoms. The molecular formula is C26H22N4O2S. The molecular weight excluding hydrogens is 432 g/mol. The average molecular weight is 455 g/mol. The van der Waals surface area contributed by atoms with Gasteiger partial charge in [-0.15, -0.1) is 6.58 Å². The second-order valence-electron chi connectivity index (χ2n) is 7.61. The average Bonchev–Trinajstić information content (AvgIpc) is 3.11. The predicted octanol–water partition coefficient (Wildman–Crippen LogP) is 4.84. The number of para-hydroxylation sites is 1. The lowest BCUT2D eigenvalue weighted by atomic mass is 10.2. The number of Topliss-reactive ketones (excluding diaryl/α,β-unsaturated/α-hetero) is 1. The molecule has 0 radical (unpaired) electrons. The molecule has 0 N–H and O–H groups in total. The molecule has 33 heavy (non-hydrogen) atoms. The molecule has 0 aliphatic carbocycles. The maximum Gasteiger partial charge on any atom is 0.266 e. The number of hydrogen-bond donors (Lipinski definition) is 0. The van der Waals surface area contributed by atoms with Crippen LogP contribution in [0.3, 0.4) is 0 Å². The SMILES string of the molecule is C=CCn1c(C)cc(C(=O)CSc2nc3ccccc3c(=O)n2-c2ccc(C#N)cc2)c1C. The van der Waals surface area contributed by atoms with Crippen LogP contribution in [-0.2, 0) is 6.54 Å². The molecule has 0 saturated heterocycles. The van der Waals surface area contributed by atoms with Gasteiger partial charge < -0.3 is 4.57 Å². The fraction of sp³-hybridized carbons (Fsp3) is 0.154. The highest BCUT2D eigenvalue weighted by Crippen LogP contribution is 2.24. The van der Waals surface area contributed by atoms with Crippen molar-refractivity contribution in [1.82, 2.24) is 14.1 Å². The standard InChI is InChI=1S/C26H22N4O2S/c1-4-13-29-17(2)14-22(18(29)3)24(31)16-33-26-28-23-8-6-5-7-21(23)25(32)30(26)20-11-9-19(15-27)10-12-20/h4-12,14H,1,13,16H2,2-3H3. The molecule has 4 aromatic rings. The second kappa shape index (κ2) is 9.31. The molecule has 0 fully saturated rings. The van der Waals surface area contributed by atoms with Gasteiger partial charge in [0.05, 0.1) is 34.0 Å². The fourth-order valence-corrected chi connectivity index (χ4v) is 4.72. The third-order valence-corrected chi connectivity index (χ3v) is 6.46. The van der Waals surface area contributed by atoms with Crippen molar-refractivity contribution in [2.75, 3.05) is 5.75 Å². The largest absolute Gasteiger partial charge is 0.345 e. The summed E-state index contributed by atoms with van der Waals surface area (Å²) in [6.45, 7) is 8.32. The van der Waals surface area contributed by atoms with Crippen molar-refractivity contribution < 1.29 is 4.79 Å².